The number of halogens is 3. The van der Waals surface area contributed by atoms with E-state index in [1.807, 2.05) is 30.3 Å². The summed E-state index contributed by atoms with van der Waals surface area (Å²) < 4.78 is 41.3. The molecule has 0 bridgehead atoms. The van der Waals surface area contributed by atoms with Crippen LogP contribution in [0.2, 0.25) is 0 Å². The minimum absolute atomic E-state index is 0.0743. The van der Waals surface area contributed by atoms with Crippen molar-refractivity contribution in [2.75, 3.05) is 13.1 Å². The van der Waals surface area contributed by atoms with Gasteiger partial charge in [0.1, 0.15) is 11.8 Å². The van der Waals surface area contributed by atoms with Gasteiger partial charge in [0, 0.05) is 25.6 Å². The molecule has 0 aromatic heterocycles. The van der Waals surface area contributed by atoms with Crippen molar-refractivity contribution in [3.8, 4) is 5.75 Å². The van der Waals surface area contributed by atoms with Crippen molar-refractivity contribution in [3.05, 3.63) is 65.7 Å². The third-order valence-corrected chi connectivity index (χ3v) is 6.56. The predicted molar refractivity (Wildman–Crippen MR) is 120 cm³/mol. The zero-order valence-corrected chi connectivity index (χ0v) is 18.7. The van der Waals surface area contributed by atoms with Gasteiger partial charge in [0.15, 0.2) is 0 Å². The van der Waals surface area contributed by atoms with E-state index < -0.39 is 17.8 Å². The first kappa shape index (κ1) is 24.1. The third kappa shape index (κ3) is 5.70. The Kier molecular flexibility index (Phi) is 6.84. The van der Waals surface area contributed by atoms with Gasteiger partial charge < -0.3 is 20.7 Å². The number of nitrogens with zero attached hydrogens (tertiary/aromatic N) is 1. The summed E-state index contributed by atoms with van der Waals surface area (Å²) in [6.07, 6.45) is -1.88. The molecule has 1 atom stereocenters. The lowest BCUT2D eigenvalue weighted by Gasteiger charge is -2.33. The monoisotopic (exact) mass is 475 g/mol. The van der Waals surface area contributed by atoms with Crippen LogP contribution in [0.1, 0.15) is 36.8 Å². The maximum atomic E-state index is 13.4. The number of piperidine rings is 1. The van der Waals surface area contributed by atoms with Crippen LogP contribution in [-0.4, -0.2) is 48.2 Å². The normalized spacial score (nSPS) is 18.8. The van der Waals surface area contributed by atoms with Crippen molar-refractivity contribution < 1.29 is 27.5 Å². The lowest BCUT2D eigenvalue weighted by molar-refractivity contribution is -0.274. The highest BCUT2D eigenvalue weighted by Crippen LogP contribution is 2.49. The van der Waals surface area contributed by atoms with E-state index in [1.54, 1.807) is 4.90 Å². The molecule has 4 rings (SSSR count). The number of rotatable bonds is 7. The van der Waals surface area contributed by atoms with E-state index in [9.17, 15) is 22.8 Å². The van der Waals surface area contributed by atoms with E-state index >= 15 is 0 Å². The SMILES string of the molecule is NC1CCN(C(=O)[C@H](Cc2ccccc2)NC(=O)C2(c3ccc(OC(F)(F)F)cc3)CC2)CC1. The smallest absolute Gasteiger partial charge is 0.406 e. The van der Waals surface area contributed by atoms with Crippen molar-refractivity contribution >= 4 is 11.8 Å². The highest BCUT2D eigenvalue weighted by atomic mass is 19.4. The molecule has 0 radical (unpaired) electrons. The van der Waals surface area contributed by atoms with Gasteiger partial charge in [0.2, 0.25) is 11.8 Å². The second-order valence-electron chi connectivity index (χ2n) is 9.03. The summed E-state index contributed by atoms with van der Waals surface area (Å²) in [4.78, 5) is 28.5. The molecule has 1 saturated carbocycles. The molecule has 3 N–H and O–H groups in total. The van der Waals surface area contributed by atoms with Crippen molar-refractivity contribution in [1.29, 1.82) is 0 Å². The molecule has 2 aromatic rings. The third-order valence-electron chi connectivity index (χ3n) is 6.56. The van der Waals surface area contributed by atoms with Crippen LogP contribution in [0.15, 0.2) is 54.6 Å². The number of alkyl halides is 3. The summed E-state index contributed by atoms with van der Waals surface area (Å²) >= 11 is 0. The fraction of sp³-hybridized carbons (Fsp3) is 0.440. The van der Waals surface area contributed by atoms with Crippen LogP contribution in [0, 0.1) is 0 Å². The van der Waals surface area contributed by atoms with E-state index in [4.69, 9.17) is 5.73 Å². The summed E-state index contributed by atoms with van der Waals surface area (Å²) in [6.45, 7) is 1.10. The number of carbonyl (C=O) groups excluding carboxylic acids is 2. The first-order valence-electron chi connectivity index (χ1n) is 11.4. The summed E-state index contributed by atoms with van der Waals surface area (Å²) in [5.74, 6) is -0.776. The average molecular weight is 476 g/mol. The van der Waals surface area contributed by atoms with E-state index in [1.165, 1.54) is 24.3 Å². The molecule has 9 heteroatoms. The number of benzene rings is 2. The van der Waals surface area contributed by atoms with Crippen LogP contribution in [-0.2, 0) is 21.4 Å². The van der Waals surface area contributed by atoms with Gasteiger partial charge >= 0.3 is 6.36 Å². The molecule has 1 heterocycles. The van der Waals surface area contributed by atoms with Crippen LogP contribution in [0.3, 0.4) is 0 Å². The van der Waals surface area contributed by atoms with E-state index in [-0.39, 0.29) is 23.6 Å². The number of likely N-dealkylation sites (tertiary alicyclic amines) is 1. The maximum absolute atomic E-state index is 13.4. The molecule has 182 valence electrons. The molecular formula is C25H28F3N3O3. The topological polar surface area (TPSA) is 84.7 Å². The summed E-state index contributed by atoms with van der Waals surface area (Å²) in [7, 11) is 0. The number of hydrogen-bond acceptors (Lipinski definition) is 4. The standard InChI is InChI=1S/C25H28F3N3O3/c26-25(27,28)34-20-8-6-18(7-9-20)24(12-13-24)23(33)30-21(16-17-4-2-1-3-5-17)22(32)31-14-10-19(29)11-15-31/h1-9,19,21H,10-16,29H2,(H,30,33)/t21-/m0/s1. The van der Waals surface area contributed by atoms with Gasteiger partial charge in [0.25, 0.3) is 0 Å². The van der Waals surface area contributed by atoms with E-state index in [2.05, 4.69) is 10.1 Å². The van der Waals surface area contributed by atoms with Crippen LogP contribution in [0.25, 0.3) is 0 Å². The van der Waals surface area contributed by atoms with Crippen LogP contribution in [0.5, 0.6) is 5.75 Å². The summed E-state index contributed by atoms with van der Waals surface area (Å²) in [5.41, 5.74) is 6.65. The van der Waals surface area contributed by atoms with Gasteiger partial charge in [-0.15, -0.1) is 13.2 Å². The van der Waals surface area contributed by atoms with Crippen molar-refractivity contribution in [2.24, 2.45) is 5.73 Å². The van der Waals surface area contributed by atoms with Gasteiger partial charge in [0.05, 0.1) is 5.41 Å². The molecular weight excluding hydrogens is 447 g/mol. The first-order valence-corrected chi connectivity index (χ1v) is 11.4. The average Bonchev–Trinajstić information content (AvgIpc) is 3.61. The summed E-state index contributed by atoms with van der Waals surface area (Å²) in [5, 5.41) is 2.96. The molecule has 1 aliphatic heterocycles. The first-order chi connectivity index (χ1) is 16.2. The molecule has 2 aliphatic rings. The second kappa shape index (κ2) is 9.66. The van der Waals surface area contributed by atoms with Crippen molar-refractivity contribution in [3.63, 3.8) is 0 Å². The molecule has 2 aromatic carbocycles. The van der Waals surface area contributed by atoms with Gasteiger partial charge in [-0.3, -0.25) is 9.59 Å². The Morgan fingerprint density at radius 3 is 2.24 bits per heavy atom. The van der Waals surface area contributed by atoms with Crippen molar-refractivity contribution in [2.45, 2.75) is 56.0 Å². The predicted octanol–water partition coefficient (Wildman–Crippen LogP) is 3.29. The molecule has 0 unspecified atom stereocenters. The molecule has 34 heavy (non-hydrogen) atoms. The molecule has 0 spiro atoms. The van der Waals surface area contributed by atoms with E-state index in [0.717, 1.165) is 5.56 Å². The fourth-order valence-electron chi connectivity index (χ4n) is 4.43. The lowest BCUT2D eigenvalue weighted by Crippen LogP contribution is -2.54. The van der Waals surface area contributed by atoms with E-state index in [0.29, 0.717) is 50.8 Å². The van der Waals surface area contributed by atoms with Crippen LogP contribution < -0.4 is 15.8 Å². The second-order valence-corrected chi connectivity index (χ2v) is 9.03. The Balaban J connectivity index is 1.50. The number of carbonyl (C=O) groups is 2. The number of hydrogen-bond donors (Lipinski definition) is 2. The van der Waals surface area contributed by atoms with Gasteiger partial charge in [-0.1, -0.05) is 42.5 Å². The van der Waals surface area contributed by atoms with Gasteiger partial charge in [-0.05, 0) is 48.9 Å². The summed E-state index contributed by atoms with van der Waals surface area (Å²) in [6, 6.07) is 14.2. The number of amides is 2. The maximum Gasteiger partial charge on any atom is 0.573 e. The number of nitrogens with two attached hydrogens (primary N) is 1. The Bertz CT molecular complexity index is 1000. The molecule has 6 nitrogen and oxygen atoms in total. The minimum atomic E-state index is -4.78. The minimum Gasteiger partial charge on any atom is -0.406 e. The Morgan fingerprint density at radius 1 is 1.06 bits per heavy atom. The largest absolute Gasteiger partial charge is 0.573 e. The van der Waals surface area contributed by atoms with Crippen molar-refractivity contribution in [1.82, 2.24) is 10.2 Å². The molecule has 1 aliphatic carbocycles. The number of ether oxygens (including phenoxy) is 1. The Hall–Kier alpha value is -3.07. The highest BCUT2D eigenvalue weighted by Gasteiger charge is 2.52. The Morgan fingerprint density at radius 2 is 1.68 bits per heavy atom. The van der Waals surface area contributed by atoms with Crippen LogP contribution >= 0.6 is 0 Å². The zero-order valence-electron chi connectivity index (χ0n) is 18.7. The Labute approximate surface area is 196 Å². The molecule has 1 saturated heterocycles. The molecule has 2 fully saturated rings. The number of nitrogens with one attached hydrogen (secondary N) is 1. The zero-order chi connectivity index (χ0) is 24.3. The fourth-order valence-corrected chi connectivity index (χ4v) is 4.43. The van der Waals surface area contributed by atoms with Gasteiger partial charge in [-0.25, -0.2) is 0 Å². The highest BCUT2D eigenvalue weighted by molar-refractivity contribution is 5.95. The quantitative estimate of drug-likeness (QED) is 0.644. The molecule has 2 amide bonds. The van der Waals surface area contributed by atoms with Crippen LogP contribution in [0.4, 0.5) is 13.2 Å². The lowest BCUT2D eigenvalue weighted by atomic mass is 9.93. The van der Waals surface area contributed by atoms with Gasteiger partial charge in [-0.2, -0.15) is 0 Å².